The molecule has 156 valence electrons. The van der Waals surface area contributed by atoms with Crippen molar-refractivity contribution in [3.63, 3.8) is 0 Å². The number of halogens is 2. The first-order valence-corrected chi connectivity index (χ1v) is 9.37. The lowest BCUT2D eigenvalue weighted by molar-refractivity contribution is -0.119. The minimum absolute atomic E-state index is 0.0124. The number of amides is 2. The molecule has 1 aromatic rings. The summed E-state index contributed by atoms with van der Waals surface area (Å²) in [7, 11) is 0. The van der Waals surface area contributed by atoms with Gasteiger partial charge in [-0.1, -0.05) is 0 Å². The first-order valence-electron chi connectivity index (χ1n) is 9.37. The summed E-state index contributed by atoms with van der Waals surface area (Å²) in [5, 5.41) is 5.28. The molecule has 0 saturated carbocycles. The van der Waals surface area contributed by atoms with Crippen LogP contribution in [0.5, 0.6) is 0 Å². The van der Waals surface area contributed by atoms with Crippen LogP contribution in [-0.2, 0) is 20.7 Å². The van der Waals surface area contributed by atoms with Crippen LogP contribution in [0.4, 0.5) is 13.6 Å². The number of carbonyl (C=O) groups excluding carboxylic acids is 2. The van der Waals surface area contributed by atoms with E-state index in [1.165, 1.54) is 0 Å². The third-order valence-electron chi connectivity index (χ3n) is 4.36. The summed E-state index contributed by atoms with van der Waals surface area (Å²) in [6.45, 7) is 4.34. The Morgan fingerprint density at radius 2 is 2.00 bits per heavy atom. The summed E-state index contributed by atoms with van der Waals surface area (Å²) in [6.07, 6.45) is 0.982. The van der Waals surface area contributed by atoms with Gasteiger partial charge < -0.3 is 20.1 Å². The van der Waals surface area contributed by atoms with Crippen LogP contribution in [0.1, 0.15) is 25.8 Å². The number of amidine groups is 1. The number of nitrogens with one attached hydrogen (secondary N) is 2. The number of ether oxygens (including phenoxy) is 2. The van der Waals surface area contributed by atoms with Crippen LogP contribution in [0, 0.1) is 11.6 Å². The molecule has 1 fully saturated rings. The normalized spacial score (nSPS) is 21.0. The third-order valence-corrected chi connectivity index (χ3v) is 4.36. The van der Waals surface area contributed by atoms with Gasteiger partial charge in [-0.15, -0.1) is 0 Å². The minimum atomic E-state index is -0.731. The fourth-order valence-corrected chi connectivity index (χ4v) is 3.16. The molecule has 2 amide bonds. The van der Waals surface area contributed by atoms with Crippen molar-refractivity contribution < 1.29 is 27.8 Å². The van der Waals surface area contributed by atoms with Crippen LogP contribution in [0.3, 0.4) is 0 Å². The first kappa shape index (κ1) is 20.9. The quantitative estimate of drug-likeness (QED) is 0.784. The fourth-order valence-electron chi connectivity index (χ4n) is 3.16. The lowest BCUT2D eigenvalue weighted by Crippen LogP contribution is -2.34. The monoisotopic (exact) mass is 407 g/mol. The molecule has 1 saturated heterocycles. The van der Waals surface area contributed by atoms with Crippen molar-refractivity contribution in [3.8, 4) is 0 Å². The molecule has 0 bridgehead atoms. The van der Waals surface area contributed by atoms with Crippen molar-refractivity contribution in [2.75, 3.05) is 13.2 Å². The topological polar surface area (TPSA) is 89.0 Å². The van der Waals surface area contributed by atoms with Gasteiger partial charge in [0.2, 0.25) is 5.91 Å². The first-order chi connectivity index (χ1) is 13.8. The molecule has 7 nitrogen and oxygen atoms in total. The third kappa shape index (κ3) is 6.08. The molecule has 0 aliphatic carbocycles. The van der Waals surface area contributed by atoms with E-state index in [0.29, 0.717) is 25.4 Å². The molecule has 2 aliphatic rings. The number of hydrogen-bond acceptors (Lipinski definition) is 5. The Labute approximate surface area is 167 Å². The summed E-state index contributed by atoms with van der Waals surface area (Å²) in [5.41, 5.74) is 1.11. The number of nitrogens with zero attached hydrogens (tertiary/aromatic N) is 1. The van der Waals surface area contributed by atoms with Gasteiger partial charge in [-0.05, 0) is 43.2 Å². The van der Waals surface area contributed by atoms with E-state index in [1.54, 1.807) is 6.08 Å². The van der Waals surface area contributed by atoms with Crippen LogP contribution in [0.2, 0.25) is 0 Å². The van der Waals surface area contributed by atoms with E-state index in [9.17, 15) is 18.4 Å². The number of rotatable bonds is 5. The van der Waals surface area contributed by atoms with Crippen LogP contribution in [-0.4, -0.2) is 49.2 Å². The van der Waals surface area contributed by atoms with Gasteiger partial charge in [-0.2, -0.15) is 0 Å². The average Bonchev–Trinajstić information content (AvgIpc) is 3.22. The Bertz CT molecular complexity index is 834. The van der Waals surface area contributed by atoms with E-state index in [0.717, 1.165) is 23.8 Å². The molecule has 0 aromatic heterocycles. The van der Waals surface area contributed by atoms with Gasteiger partial charge in [-0.3, -0.25) is 9.79 Å². The van der Waals surface area contributed by atoms with Crippen LogP contribution < -0.4 is 10.6 Å². The van der Waals surface area contributed by atoms with Crippen molar-refractivity contribution in [2.24, 2.45) is 4.99 Å². The maximum Gasteiger partial charge on any atom is 0.407 e. The minimum Gasteiger partial charge on any atom is -0.444 e. The summed E-state index contributed by atoms with van der Waals surface area (Å²) >= 11 is 0. The van der Waals surface area contributed by atoms with Gasteiger partial charge in [0.1, 0.15) is 23.6 Å². The van der Waals surface area contributed by atoms with Gasteiger partial charge in [0.05, 0.1) is 25.7 Å². The maximum atomic E-state index is 13.2. The van der Waals surface area contributed by atoms with Crippen molar-refractivity contribution in [1.82, 2.24) is 10.6 Å². The molecule has 29 heavy (non-hydrogen) atoms. The zero-order chi connectivity index (χ0) is 21.0. The zero-order valence-corrected chi connectivity index (χ0v) is 16.2. The molecule has 0 radical (unpaired) electrons. The lowest BCUT2D eigenvalue weighted by Gasteiger charge is -2.13. The molecule has 2 atom stereocenters. The van der Waals surface area contributed by atoms with Gasteiger partial charge >= 0.3 is 6.09 Å². The standard InChI is InChI=1S/C20H23F2N3O4/c1-11(2)24-20(27)29-16-8-17(28-10-16)13-6-18(23-9-13)25-19(26)5-12-3-14(21)7-15(22)4-12/h3-4,6-7,11,16-17H,5,8-10H2,1-2H3,(H,24,27)(H,23,25,26)/t16-,17+/m1/s1. The second kappa shape index (κ2) is 9.13. The van der Waals surface area contributed by atoms with Crippen molar-refractivity contribution in [2.45, 2.75) is 44.9 Å². The van der Waals surface area contributed by atoms with Crippen LogP contribution >= 0.6 is 0 Å². The molecule has 2 heterocycles. The Morgan fingerprint density at radius 1 is 1.28 bits per heavy atom. The van der Waals surface area contributed by atoms with Crippen LogP contribution in [0.15, 0.2) is 34.8 Å². The lowest BCUT2D eigenvalue weighted by atomic mass is 10.1. The molecule has 2 N–H and O–H groups in total. The van der Waals surface area contributed by atoms with Gasteiger partial charge in [0.15, 0.2) is 0 Å². The number of aliphatic imine (C=N–C) groups is 1. The van der Waals surface area contributed by atoms with E-state index in [1.807, 2.05) is 13.8 Å². The van der Waals surface area contributed by atoms with Gasteiger partial charge in [0.25, 0.3) is 0 Å². The molecule has 1 aromatic carbocycles. The second-order valence-corrected chi connectivity index (χ2v) is 7.31. The zero-order valence-electron chi connectivity index (χ0n) is 16.2. The SMILES string of the molecule is CC(C)NC(=O)O[C@H]1CO[C@H](C2=CC(NC(=O)Cc3cc(F)cc(F)c3)=NC2)C1. The van der Waals surface area contributed by atoms with E-state index in [-0.39, 0.29) is 30.2 Å². The number of alkyl carbamates (subject to hydrolysis) is 1. The Morgan fingerprint density at radius 3 is 2.69 bits per heavy atom. The Kier molecular flexibility index (Phi) is 6.58. The molecule has 2 aliphatic heterocycles. The van der Waals surface area contributed by atoms with E-state index < -0.39 is 23.6 Å². The van der Waals surface area contributed by atoms with Crippen molar-refractivity contribution in [1.29, 1.82) is 0 Å². The summed E-state index contributed by atoms with van der Waals surface area (Å²) < 4.78 is 37.5. The van der Waals surface area contributed by atoms with E-state index >= 15 is 0 Å². The van der Waals surface area contributed by atoms with Gasteiger partial charge in [0, 0.05) is 18.5 Å². The van der Waals surface area contributed by atoms with Crippen LogP contribution in [0.25, 0.3) is 0 Å². The van der Waals surface area contributed by atoms with Gasteiger partial charge in [-0.25, -0.2) is 13.6 Å². The predicted molar refractivity (Wildman–Crippen MR) is 101 cm³/mol. The molecule has 3 rings (SSSR count). The maximum absolute atomic E-state index is 13.2. The van der Waals surface area contributed by atoms with Crippen molar-refractivity contribution in [3.05, 3.63) is 47.0 Å². The Hall–Kier alpha value is -2.81. The molecule has 0 unspecified atom stereocenters. The molecular weight excluding hydrogens is 384 g/mol. The van der Waals surface area contributed by atoms with E-state index in [4.69, 9.17) is 9.47 Å². The average molecular weight is 407 g/mol. The molecule has 0 spiro atoms. The highest BCUT2D eigenvalue weighted by Gasteiger charge is 2.32. The fraction of sp³-hybridized carbons (Fsp3) is 0.450. The second-order valence-electron chi connectivity index (χ2n) is 7.31. The summed E-state index contributed by atoms with van der Waals surface area (Å²) in [6, 6.07) is 2.97. The highest BCUT2D eigenvalue weighted by molar-refractivity contribution is 6.06. The highest BCUT2D eigenvalue weighted by atomic mass is 19.1. The highest BCUT2D eigenvalue weighted by Crippen LogP contribution is 2.25. The summed E-state index contributed by atoms with van der Waals surface area (Å²) in [5.74, 6) is -1.52. The molecular formula is C20H23F2N3O4. The number of carbonyl (C=O) groups is 2. The Balaban J connectivity index is 1.48. The smallest absolute Gasteiger partial charge is 0.407 e. The number of benzene rings is 1. The largest absolute Gasteiger partial charge is 0.444 e. The molecule has 9 heteroatoms. The van der Waals surface area contributed by atoms with Crippen molar-refractivity contribution >= 4 is 17.8 Å². The van der Waals surface area contributed by atoms with E-state index in [2.05, 4.69) is 15.6 Å². The summed E-state index contributed by atoms with van der Waals surface area (Å²) in [4.78, 5) is 28.0. The predicted octanol–water partition coefficient (Wildman–Crippen LogP) is 2.25. The number of hydrogen-bond donors (Lipinski definition) is 2.